The molecule has 0 amide bonds. The molecule has 0 saturated heterocycles. The Hall–Kier alpha value is -2.16. The van der Waals surface area contributed by atoms with Gasteiger partial charge in [0.15, 0.2) is 0 Å². The Bertz CT molecular complexity index is 534. The number of benzene rings is 2. The fraction of sp³-hybridized carbons (Fsp3) is 0.333. The maximum absolute atomic E-state index is 5.68. The molecule has 0 bridgehead atoms. The van der Waals surface area contributed by atoms with Gasteiger partial charge in [-0.3, -0.25) is 0 Å². The topological polar surface area (TPSA) is 27.7 Å². The van der Waals surface area contributed by atoms with Gasteiger partial charge < -0.3 is 14.2 Å². The van der Waals surface area contributed by atoms with Crippen LogP contribution in [-0.4, -0.2) is 20.3 Å². The number of hydrogen-bond acceptors (Lipinski definition) is 3. The van der Waals surface area contributed by atoms with Crippen LogP contribution >= 0.6 is 0 Å². The van der Waals surface area contributed by atoms with Crippen LogP contribution in [0.5, 0.6) is 17.2 Å². The molecule has 0 heterocycles. The average molecular weight is 286 g/mol. The van der Waals surface area contributed by atoms with Crippen LogP contribution in [0, 0.1) is 6.92 Å². The van der Waals surface area contributed by atoms with Gasteiger partial charge in [-0.2, -0.15) is 0 Å². The first-order valence-corrected chi connectivity index (χ1v) is 7.24. The Labute approximate surface area is 126 Å². The van der Waals surface area contributed by atoms with Crippen LogP contribution < -0.4 is 14.2 Å². The first kappa shape index (κ1) is 15.2. The Morgan fingerprint density at radius 3 is 2.05 bits per heavy atom. The number of aryl methyl sites for hydroxylation is 1. The number of hydrogen-bond donors (Lipinski definition) is 0. The van der Waals surface area contributed by atoms with E-state index in [2.05, 4.69) is 19.1 Å². The van der Waals surface area contributed by atoms with Crippen molar-refractivity contribution in [1.29, 1.82) is 0 Å². The van der Waals surface area contributed by atoms with Gasteiger partial charge in [0.1, 0.15) is 17.2 Å². The minimum absolute atomic E-state index is 0.685. The summed E-state index contributed by atoms with van der Waals surface area (Å²) in [4.78, 5) is 0. The van der Waals surface area contributed by atoms with Gasteiger partial charge in [0, 0.05) is 6.07 Å². The lowest BCUT2D eigenvalue weighted by atomic mass is 10.2. The van der Waals surface area contributed by atoms with E-state index in [0.717, 1.165) is 30.1 Å². The van der Waals surface area contributed by atoms with E-state index in [1.807, 2.05) is 36.4 Å². The molecule has 21 heavy (non-hydrogen) atoms. The Morgan fingerprint density at radius 1 is 0.762 bits per heavy atom. The minimum Gasteiger partial charge on any atom is -0.497 e. The third-order valence-electron chi connectivity index (χ3n) is 3.14. The first-order chi connectivity index (χ1) is 10.3. The summed E-state index contributed by atoms with van der Waals surface area (Å²) >= 11 is 0. The zero-order valence-electron chi connectivity index (χ0n) is 12.7. The second-order valence-corrected chi connectivity index (χ2v) is 4.90. The van der Waals surface area contributed by atoms with E-state index in [4.69, 9.17) is 14.2 Å². The second kappa shape index (κ2) is 8.20. The van der Waals surface area contributed by atoms with Crippen molar-refractivity contribution in [2.24, 2.45) is 0 Å². The van der Waals surface area contributed by atoms with Crippen molar-refractivity contribution >= 4 is 0 Å². The summed E-state index contributed by atoms with van der Waals surface area (Å²) in [5.74, 6) is 2.58. The SMILES string of the molecule is COc1cccc(OCCCCOc2ccc(C)cc2)c1. The van der Waals surface area contributed by atoms with E-state index in [9.17, 15) is 0 Å². The van der Waals surface area contributed by atoms with Gasteiger partial charge in [-0.25, -0.2) is 0 Å². The highest BCUT2D eigenvalue weighted by atomic mass is 16.5. The maximum Gasteiger partial charge on any atom is 0.122 e. The van der Waals surface area contributed by atoms with Crippen LogP contribution in [0.25, 0.3) is 0 Å². The summed E-state index contributed by atoms with van der Waals surface area (Å²) < 4.78 is 16.5. The number of unbranched alkanes of at least 4 members (excludes halogenated alkanes) is 1. The second-order valence-electron chi connectivity index (χ2n) is 4.90. The predicted molar refractivity (Wildman–Crippen MR) is 84.4 cm³/mol. The molecule has 3 heteroatoms. The molecule has 112 valence electrons. The molecule has 0 radical (unpaired) electrons. The van der Waals surface area contributed by atoms with Crippen molar-refractivity contribution in [2.75, 3.05) is 20.3 Å². The summed E-state index contributed by atoms with van der Waals surface area (Å²) in [5, 5.41) is 0. The monoisotopic (exact) mass is 286 g/mol. The van der Waals surface area contributed by atoms with Crippen molar-refractivity contribution in [3.8, 4) is 17.2 Å². The molecule has 0 aliphatic carbocycles. The average Bonchev–Trinajstić information content (AvgIpc) is 2.52. The fourth-order valence-electron chi connectivity index (χ4n) is 1.91. The van der Waals surface area contributed by atoms with E-state index in [1.54, 1.807) is 7.11 Å². The molecule has 2 aromatic carbocycles. The van der Waals surface area contributed by atoms with E-state index in [1.165, 1.54) is 5.56 Å². The normalized spacial score (nSPS) is 10.2. The largest absolute Gasteiger partial charge is 0.497 e. The van der Waals surface area contributed by atoms with Crippen molar-refractivity contribution in [3.05, 3.63) is 54.1 Å². The predicted octanol–water partition coefficient (Wildman–Crippen LogP) is 4.24. The summed E-state index contributed by atoms with van der Waals surface area (Å²) in [6, 6.07) is 15.8. The lowest BCUT2D eigenvalue weighted by Crippen LogP contribution is -2.02. The third-order valence-corrected chi connectivity index (χ3v) is 3.14. The smallest absolute Gasteiger partial charge is 0.122 e. The van der Waals surface area contributed by atoms with Crippen LogP contribution in [0.3, 0.4) is 0 Å². The van der Waals surface area contributed by atoms with Crippen LogP contribution in [-0.2, 0) is 0 Å². The van der Waals surface area contributed by atoms with Crippen molar-refractivity contribution in [3.63, 3.8) is 0 Å². The summed E-state index contributed by atoms with van der Waals surface area (Å²) in [6.45, 7) is 3.47. The quantitative estimate of drug-likeness (QED) is 0.679. The number of ether oxygens (including phenoxy) is 3. The van der Waals surface area contributed by atoms with Crippen LogP contribution in [0.15, 0.2) is 48.5 Å². The summed E-state index contributed by atoms with van der Waals surface area (Å²) in [7, 11) is 1.65. The molecular formula is C18H22O3. The Kier molecular flexibility index (Phi) is 5.95. The molecule has 0 N–H and O–H groups in total. The van der Waals surface area contributed by atoms with Gasteiger partial charge in [-0.15, -0.1) is 0 Å². The molecule has 0 fully saturated rings. The van der Waals surface area contributed by atoms with E-state index >= 15 is 0 Å². The molecule has 0 atom stereocenters. The molecule has 0 saturated carbocycles. The van der Waals surface area contributed by atoms with Crippen molar-refractivity contribution in [2.45, 2.75) is 19.8 Å². The Morgan fingerprint density at radius 2 is 1.38 bits per heavy atom. The molecular weight excluding hydrogens is 264 g/mol. The number of methoxy groups -OCH3 is 1. The van der Waals surface area contributed by atoms with Crippen LogP contribution in [0.2, 0.25) is 0 Å². The Balaban J connectivity index is 1.60. The molecule has 3 nitrogen and oxygen atoms in total. The van der Waals surface area contributed by atoms with Gasteiger partial charge in [0.05, 0.1) is 20.3 Å². The van der Waals surface area contributed by atoms with E-state index < -0.39 is 0 Å². The molecule has 0 aromatic heterocycles. The summed E-state index contributed by atoms with van der Waals surface area (Å²) in [5.41, 5.74) is 1.24. The van der Waals surface area contributed by atoms with Crippen molar-refractivity contribution in [1.82, 2.24) is 0 Å². The van der Waals surface area contributed by atoms with Gasteiger partial charge in [-0.05, 0) is 44.0 Å². The summed E-state index contributed by atoms with van der Waals surface area (Å²) in [6.07, 6.45) is 1.93. The molecule has 0 aliphatic heterocycles. The number of rotatable bonds is 8. The molecule has 0 spiro atoms. The fourth-order valence-corrected chi connectivity index (χ4v) is 1.91. The highest BCUT2D eigenvalue weighted by Crippen LogP contribution is 2.19. The lowest BCUT2D eigenvalue weighted by Gasteiger charge is -2.08. The van der Waals surface area contributed by atoms with Crippen LogP contribution in [0.1, 0.15) is 18.4 Å². The van der Waals surface area contributed by atoms with Gasteiger partial charge in [0.2, 0.25) is 0 Å². The zero-order chi connectivity index (χ0) is 14.9. The molecule has 0 unspecified atom stereocenters. The molecule has 2 rings (SSSR count). The lowest BCUT2D eigenvalue weighted by molar-refractivity contribution is 0.265. The third kappa shape index (κ3) is 5.38. The van der Waals surface area contributed by atoms with Gasteiger partial charge >= 0.3 is 0 Å². The maximum atomic E-state index is 5.68. The van der Waals surface area contributed by atoms with Gasteiger partial charge in [0.25, 0.3) is 0 Å². The highest BCUT2D eigenvalue weighted by molar-refractivity contribution is 5.32. The molecule has 2 aromatic rings. The first-order valence-electron chi connectivity index (χ1n) is 7.24. The highest BCUT2D eigenvalue weighted by Gasteiger charge is 1.97. The molecule has 0 aliphatic rings. The van der Waals surface area contributed by atoms with E-state index in [-0.39, 0.29) is 0 Å². The standard InChI is InChI=1S/C18H22O3/c1-15-8-10-16(11-9-15)20-12-3-4-13-21-18-7-5-6-17(14-18)19-2/h5-11,14H,3-4,12-13H2,1-2H3. The van der Waals surface area contributed by atoms with Crippen LogP contribution in [0.4, 0.5) is 0 Å². The minimum atomic E-state index is 0.685. The van der Waals surface area contributed by atoms with Gasteiger partial charge in [-0.1, -0.05) is 23.8 Å². The van der Waals surface area contributed by atoms with E-state index in [0.29, 0.717) is 13.2 Å². The van der Waals surface area contributed by atoms with Crippen molar-refractivity contribution < 1.29 is 14.2 Å². The zero-order valence-corrected chi connectivity index (χ0v) is 12.7.